The van der Waals surface area contributed by atoms with E-state index < -0.39 is 0 Å². The first-order valence-electron chi connectivity index (χ1n) is 6.06. The molecule has 0 aromatic carbocycles. The molecule has 0 bridgehead atoms. The van der Waals surface area contributed by atoms with Crippen LogP contribution < -0.4 is 11.1 Å². The lowest BCUT2D eigenvalue weighted by Gasteiger charge is -2.34. The van der Waals surface area contributed by atoms with Gasteiger partial charge in [0.05, 0.1) is 0 Å². The number of hydrogen-bond donors (Lipinski definition) is 2. The lowest BCUT2D eigenvalue weighted by molar-refractivity contribution is -0.129. The number of hydrogen-bond acceptors (Lipinski definition) is 2. The zero-order chi connectivity index (χ0) is 13.0. The van der Waals surface area contributed by atoms with Crippen LogP contribution in [0.5, 0.6) is 0 Å². The fourth-order valence-electron chi connectivity index (χ4n) is 1.72. The van der Waals surface area contributed by atoms with Gasteiger partial charge in [-0.1, -0.05) is 41.5 Å². The normalized spacial score (nSPS) is 14.7. The van der Waals surface area contributed by atoms with Crippen LogP contribution in [-0.4, -0.2) is 19.0 Å². The zero-order valence-electron chi connectivity index (χ0n) is 11.7. The number of nitrogens with two attached hydrogens (primary N) is 1. The molecule has 96 valence electrons. The number of carbonyl (C=O) groups excluding carboxylic acids is 1. The Morgan fingerprint density at radius 3 is 2.00 bits per heavy atom. The summed E-state index contributed by atoms with van der Waals surface area (Å²) < 4.78 is 0. The number of carbonyl (C=O) groups is 1. The van der Waals surface area contributed by atoms with Crippen LogP contribution in [0.3, 0.4) is 0 Å². The average Bonchev–Trinajstić information content (AvgIpc) is 2.07. The highest BCUT2D eigenvalue weighted by atomic mass is 16.1. The monoisotopic (exact) mass is 228 g/mol. The highest BCUT2D eigenvalue weighted by Gasteiger charge is 2.34. The Morgan fingerprint density at radius 2 is 1.69 bits per heavy atom. The fourth-order valence-corrected chi connectivity index (χ4v) is 1.72. The van der Waals surface area contributed by atoms with Gasteiger partial charge in [0, 0.05) is 19.0 Å². The van der Waals surface area contributed by atoms with Crippen molar-refractivity contribution in [3.8, 4) is 0 Å². The molecule has 3 nitrogen and oxygen atoms in total. The fraction of sp³-hybridized carbons (Fsp3) is 0.923. The van der Waals surface area contributed by atoms with E-state index in [4.69, 9.17) is 5.73 Å². The number of amides is 1. The van der Waals surface area contributed by atoms with Gasteiger partial charge in [-0.15, -0.1) is 0 Å². The second kappa shape index (κ2) is 5.67. The molecule has 1 amide bonds. The molecule has 0 aliphatic rings. The molecule has 3 heteroatoms. The molecule has 1 atom stereocenters. The average molecular weight is 228 g/mol. The molecular weight excluding hydrogens is 200 g/mol. The van der Waals surface area contributed by atoms with E-state index in [2.05, 4.69) is 46.9 Å². The SMILES string of the molecule is CC(C)(C)CC(C(=O)NCCN)C(C)(C)C. The molecule has 0 aromatic rings. The molecule has 3 N–H and O–H groups in total. The van der Waals surface area contributed by atoms with Crippen LogP contribution in [0.2, 0.25) is 0 Å². The van der Waals surface area contributed by atoms with Crippen LogP contribution in [-0.2, 0) is 4.79 Å². The number of nitrogens with one attached hydrogen (secondary N) is 1. The molecule has 0 heterocycles. The van der Waals surface area contributed by atoms with E-state index in [1.165, 1.54) is 0 Å². The van der Waals surface area contributed by atoms with Crippen molar-refractivity contribution >= 4 is 5.91 Å². The van der Waals surface area contributed by atoms with Crippen molar-refractivity contribution in [3.05, 3.63) is 0 Å². The Hall–Kier alpha value is -0.570. The maximum atomic E-state index is 12.1. The Morgan fingerprint density at radius 1 is 1.19 bits per heavy atom. The lowest BCUT2D eigenvalue weighted by atomic mass is 9.72. The topological polar surface area (TPSA) is 55.1 Å². The molecule has 0 saturated carbocycles. The third-order valence-electron chi connectivity index (χ3n) is 2.62. The number of rotatable bonds is 4. The summed E-state index contributed by atoms with van der Waals surface area (Å²) in [7, 11) is 0. The summed E-state index contributed by atoms with van der Waals surface area (Å²) >= 11 is 0. The Kier molecular flexibility index (Phi) is 5.47. The van der Waals surface area contributed by atoms with E-state index in [-0.39, 0.29) is 22.7 Å². The minimum atomic E-state index is -0.00797. The summed E-state index contributed by atoms with van der Waals surface area (Å²) in [6.45, 7) is 13.9. The van der Waals surface area contributed by atoms with Gasteiger partial charge in [-0.3, -0.25) is 4.79 Å². The van der Waals surface area contributed by atoms with Gasteiger partial charge in [-0.05, 0) is 17.3 Å². The van der Waals surface area contributed by atoms with Crippen molar-refractivity contribution in [1.29, 1.82) is 0 Å². The van der Waals surface area contributed by atoms with E-state index in [1.54, 1.807) is 0 Å². The maximum Gasteiger partial charge on any atom is 0.223 e. The van der Waals surface area contributed by atoms with Gasteiger partial charge in [-0.25, -0.2) is 0 Å². The van der Waals surface area contributed by atoms with Crippen LogP contribution in [0, 0.1) is 16.7 Å². The molecule has 0 aliphatic carbocycles. The van der Waals surface area contributed by atoms with Gasteiger partial charge < -0.3 is 11.1 Å². The van der Waals surface area contributed by atoms with Crippen LogP contribution in [0.1, 0.15) is 48.0 Å². The van der Waals surface area contributed by atoms with Crippen LogP contribution in [0.15, 0.2) is 0 Å². The molecular formula is C13H28N2O. The van der Waals surface area contributed by atoms with E-state index in [0.717, 1.165) is 6.42 Å². The predicted octanol–water partition coefficient (Wildman–Crippen LogP) is 2.16. The predicted molar refractivity (Wildman–Crippen MR) is 69.1 cm³/mol. The van der Waals surface area contributed by atoms with Crippen LogP contribution >= 0.6 is 0 Å². The first kappa shape index (κ1) is 15.4. The summed E-state index contributed by atoms with van der Waals surface area (Å²) in [6, 6.07) is 0. The Balaban J connectivity index is 4.62. The van der Waals surface area contributed by atoms with Gasteiger partial charge in [0.25, 0.3) is 0 Å². The standard InChI is InChI=1S/C13H28N2O/c1-12(2,3)9-10(13(4,5)6)11(16)15-8-7-14/h10H,7-9,14H2,1-6H3,(H,15,16). The second-order valence-electron chi connectivity index (χ2n) is 6.76. The van der Waals surface area contributed by atoms with Crippen molar-refractivity contribution in [2.24, 2.45) is 22.5 Å². The highest BCUT2D eigenvalue weighted by Crippen LogP contribution is 2.35. The molecule has 0 fully saturated rings. The largest absolute Gasteiger partial charge is 0.355 e. The van der Waals surface area contributed by atoms with Crippen molar-refractivity contribution in [2.45, 2.75) is 48.0 Å². The minimum Gasteiger partial charge on any atom is -0.355 e. The van der Waals surface area contributed by atoms with Gasteiger partial charge >= 0.3 is 0 Å². The molecule has 0 aliphatic heterocycles. The summed E-state index contributed by atoms with van der Waals surface area (Å²) in [5, 5.41) is 2.90. The lowest BCUT2D eigenvalue weighted by Crippen LogP contribution is -2.41. The molecule has 0 saturated heterocycles. The van der Waals surface area contributed by atoms with Crippen LogP contribution in [0.4, 0.5) is 0 Å². The van der Waals surface area contributed by atoms with Crippen molar-refractivity contribution in [1.82, 2.24) is 5.32 Å². The molecule has 0 radical (unpaired) electrons. The first-order chi connectivity index (χ1) is 7.08. The van der Waals surface area contributed by atoms with E-state index >= 15 is 0 Å². The minimum absolute atomic E-state index is 0.00797. The first-order valence-corrected chi connectivity index (χ1v) is 6.06. The third kappa shape index (κ3) is 6.11. The molecule has 0 rings (SSSR count). The maximum absolute atomic E-state index is 12.1. The van der Waals surface area contributed by atoms with Gasteiger partial charge in [0.2, 0.25) is 5.91 Å². The van der Waals surface area contributed by atoms with Gasteiger partial charge in [0.15, 0.2) is 0 Å². The Bertz CT molecular complexity index is 223. The molecule has 0 spiro atoms. The summed E-state index contributed by atoms with van der Waals surface area (Å²) in [4.78, 5) is 12.1. The van der Waals surface area contributed by atoms with E-state index in [0.29, 0.717) is 13.1 Å². The zero-order valence-corrected chi connectivity index (χ0v) is 11.7. The van der Waals surface area contributed by atoms with E-state index in [1.807, 2.05) is 0 Å². The molecule has 16 heavy (non-hydrogen) atoms. The van der Waals surface area contributed by atoms with Crippen LogP contribution in [0.25, 0.3) is 0 Å². The summed E-state index contributed by atoms with van der Waals surface area (Å²) in [5.41, 5.74) is 5.56. The second-order valence-corrected chi connectivity index (χ2v) is 6.76. The highest BCUT2D eigenvalue weighted by molar-refractivity contribution is 5.79. The van der Waals surface area contributed by atoms with Gasteiger partial charge in [0.1, 0.15) is 0 Å². The summed E-state index contributed by atoms with van der Waals surface area (Å²) in [5.74, 6) is 0.173. The smallest absolute Gasteiger partial charge is 0.223 e. The molecule has 1 unspecified atom stereocenters. The van der Waals surface area contributed by atoms with Crippen molar-refractivity contribution in [2.75, 3.05) is 13.1 Å². The van der Waals surface area contributed by atoms with Crippen molar-refractivity contribution in [3.63, 3.8) is 0 Å². The quantitative estimate of drug-likeness (QED) is 0.774. The molecule has 0 aromatic heterocycles. The summed E-state index contributed by atoms with van der Waals surface area (Å²) in [6.07, 6.45) is 0.896. The van der Waals surface area contributed by atoms with E-state index in [9.17, 15) is 4.79 Å². The van der Waals surface area contributed by atoms with Crippen molar-refractivity contribution < 1.29 is 4.79 Å². The van der Waals surface area contributed by atoms with Gasteiger partial charge in [-0.2, -0.15) is 0 Å². The Labute approximate surface area is 100 Å². The third-order valence-corrected chi connectivity index (χ3v) is 2.62.